The number of nitrogens with zero attached hydrogens (tertiary/aromatic N) is 1. The number of carbonyl (C=O) groups excluding carboxylic acids is 3. The maximum absolute atomic E-state index is 12.8. The predicted molar refractivity (Wildman–Crippen MR) is 66.1 cm³/mol. The molecule has 2 amide bonds. The Morgan fingerprint density at radius 1 is 1.40 bits per heavy atom. The van der Waals surface area contributed by atoms with Crippen molar-refractivity contribution in [3.05, 3.63) is 0 Å². The molecule has 0 aliphatic heterocycles. The third kappa shape index (κ3) is 3.32. The summed E-state index contributed by atoms with van der Waals surface area (Å²) in [6, 6.07) is -1.68. The van der Waals surface area contributed by atoms with Gasteiger partial charge in [-0.2, -0.15) is 0 Å². The number of carbonyl (C=O) groups is 3. The van der Waals surface area contributed by atoms with Crippen LogP contribution in [-0.4, -0.2) is 47.6 Å². The largest absolute Gasteiger partial charge is 0.349 e. The highest BCUT2D eigenvalue weighted by molar-refractivity contribution is 6.38. The second kappa shape index (κ2) is 5.46. The molecule has 2 aliphatic carbocycles. The molecular formula is C13H18F2N2O3. The van der Waals surface area contributed by atoms with E-state index in [-0.39, 0.29) is 0 Å². The standard InChI is InChI=1S/C13H18F2N2O3/c1-8(11(19)12(20)16-6-9-2-3-9)17(7-18)10-4-13(14,15)5-10/h7-10H,2-6H2,1H3,(H,16,20). The van der Waals surface area contributed by atoms with Crippen LogP contribution in [0.1, 0.15) is 32.6 Å². The SMILES string of the molecule is CC(C(=O)C(=O)NCC1CC1)N(C=O)C1CC(F)(F)C1. The third-order valence-electron chi connectivity index (χ3n) is 3.91. The first-order valence-electron chi connectivity index (χ1n) is 6.76. The minimum Gasteiger partial charge on any atom is -0.349 e. The lowest BCUT2D eigenvalue weighted by molar-refractivity contribution is -0.155. The molecule has 5 nitrogen and oxygen atoms in total. The first kappa shape index (κ1) is 14.9. The molecule has 0 heterocycles. The van der Waals surface area contributed by atoms with Crippen molar-refractivity contribution in [2.45, 2.75) is 50.6 Å². The average Bonchev–Trinajstić information content (AvgIpc) is 3.17. The third-order valence-corrected chi connectivity index (χ3v) is 3.91. The smallest absolute Gasteiger partial charge is 0.289 e. The zero-order valence-corrected chi connectivity index (χ0v) is 11.3. The molecule has 0 aromatic rings. The van der Waals surface area contributed by atoms with Gasteiger partial charge in [-0.25, -0.2) is 8.78 Å². The number of alkyl halides is 2. The van der Waals surface area contributed by atoms with Crippen molar-refractivity contribution < 1.29 is 23.2 Å². The van der Waals surface area contributed by atoms with Gasteiger partial charge in [-0.3, -0.25) is 14.4 Å². The number of hydrogen-bond acceptors (Lipinski definition) is 3. The molecule has 2 saturated carbocycles. The molecule has 0 radical (unpaired) electrons. The van der Waals surface area contributed by atoms with Crippen LogP contribution in [0.3, 0.4) is 0 Å². The molecule has 1 N–H and O–H groups in total. The van der Waals surface area contributed by atoms with Crippen LogP contribution in [0.2, 0.25) is 0 Å². The predicted octanol–water partition coefficient (Wildman–Crippen LogP) is 0.726. The van der Waals surface area contributed by atoms with E-state index < -0.39 is 42.5 Å². The van der Waals surface area contributed by atoms with Crippen LogP contribution in [0.5, 0.6) is 0 Å². The highest BCUT2D eigenvalue weighted by Gasteiger charge is 2.49. The first-order valence-corrected chi connectivity index (χ1v) is 6.76. The Hall–Kier alpha value is -1.53. The summed E-state index contributed by atoms with van der Waals surface area (Å²) < 4.78 is 25.6. The van der Waals surface area contributed by atoms with Crippen molar-refractivity contribution in [3.63, 3.8) is 0 Å². The van der Waals surface area contributed by atoms with E-state index in [1.807, 2.05) is 0 Å². The number of halogens is 2. The molecule has 7 heteroatoms. The molecule has 0 saturated heterocycles. The Balaban J connectivity index is 1.86. The summed E-state index contributed by atoms with van der Waals surface area (Å²) in [6.07, 6.45) is 1.56. The first-order chi connectivity index (χ1) is 9.34. The molecule has 2 fully saturated rings. The van der Waals surface area contributed by atoms with Crippen LogP contribution in [0.4, 0.5) is 8.78 Å². The van der Waals surface area contributed by atoms with Gasteiger partial charge in [-0.1, -0.05) is 0 Å². The maximum atomic E-state index is 12.8. The number of hydrogen-bond donors (Lipinski definition) is 1. The highest BCUT2D eigenvalue weighted by atomic mass is 19.3. The lowest BCUT2D eigenvalue weighted by Gasteiger charge is -2.42. The van der Waals surface area contributed by atoms with Crippen LogP contribution in [0, 0.1) is 5.92 Å². The second-order valence-corrected chi connectivity index (χ2v) is 5.66. The summed E-state index contributed by atoms with van der Waals surface area (Å²) >= 11 is 0. The Kier molecular flexibility index (Phi) is 4.06. The van der Waals surface area contributed by atoms with Crippen molar-refractivity contribution in [2.24, 2.45) is 5.92 Å². The summed E-state index contributed by atoms with van der Waals surface area (Å²) in [5.74, 6) is -3.84. The van der Waals surface area contributed by atoms with Crippen LogP contribution < -0.4 is 5.32 Å². The summed E-state index contributed by atoms with van der Waals surface area (Å²) in [5.41, 5.74) is 0. The fourth-order valence-electron chi connectivity index (χ4n) is 2.31. The van der Waals surface area contributed by atoms with E-state index in [1.165, 1.54) is 6.92 Å². The zero-order chi connectivity index (χ0) is 14.9. The van der Waals surface area contributed by atoms with Crippen molar-refractivity contribution in [1.82, 2.24) is 10.2 Å². The van der Waals surface area contributed by atoms with Gasteiger partial charge in [0.15, 0.2) is 0 Å². The maximum Gasteiger partial charge on any atom is 0.289 e. The number of rotatable bonds is 7. The Morgan fingerprint density at radius 3 is 2.45 bits per heavy atom. The van der Waals surface area contributed by atoms with Gasteiger partial charge in [0.2, 0.25) is 12.2 Å². The van der Waals surface area contributed by atoms with E-state index in [0.717, 1.165) is 17.7 Å². The van der Waals surface area contributed by atoms with Crippen LogP contribution in [0.25, 0.3) is 0 Å². The number of ketones is 1. The summed E-state index contributed by atoms with van der Waals surface area (Å²) in [7, 11) is 0. The summed E-state index contributed by atoms with van der Waals surface area (Å²) in [4.78, 5) is 35.5. The van der Waals surface area contributed by atoms with Crippen molar-refractivity contribution in [2.75, 3.05) is 6.54 Å². The van der Waals surface area contributed by atoms with Crippen LogP contribution >= 0.6 is 0 Å². The van der Waals surface area contributed by atoms with E-state index >= 15 is 0 Å². The van der Waals surface area contributed by atoms with Crippen molar-refractivity contribution in [1.29, 1.82) is 0 Å². The zero-order valence-electron chi connectivity index (χ0n) is 11.3. The quantitative estimate of drug-likeness (QED) is 0.554. The van der Waals surface area contributed by atoms with Gasteiger partial charge in [0, 0.05) is 25.4 Å². The van der Waals surface area contributed by atoms with E-state index in [4.69, 9.17) is 0 Å². The fourth-order valence-corrected chi connectivity index (χ4v) is 2.31. The molecule has 0 spiro atoms. The van der Waals surface area contributed by atoms with Gasteiger partial charge in [0.25, 0.3) is 11.8 Å². The van der Waals surface area contributed by atoms with Gasteiger partial charge in [0.05, 0.1) is 6.04 Å². The molecule has 20 heavy (non-hydrogen) atoms. The van der Waals surface area contributed by atoms with Crippen molar-refractivity contribution >= 4 is 18.1 Å². The molecule has 0 bridgehead atoms. The number of nitrogens with one attached hydrogen (secondary N) is 1. The van der Waals surface area contributed by atoms with E-state index in [0.29, 0.717) is 18.9 Å². The van der Waals surface area contributed by atoms with E-state index in [2.05, 4.69) is 5.32 Å². The van der Waals surface area contributed by atoms with E-state index in [9.17, 15) is 23.2 Å². The molecule has 0 aromatic heterocycles. The van der Waals surface area contributed by atoms with Gasteiger partial charge < -0.3 is 10.2 Å². The van der Waals surface area contributed by atoms with Gasteiger partial charge in [-0.15, -0.1) is 0 Å². The average molecular weight is 288 g/mol. The number of amides is 2. The summed E-state index contributed by atoms with van der Waals surface area (Å²) in [6.45, 7) is 1.85. The number of Topliss-reactive ketones (excluding diaryl/α,β-unsaturated/α-hetero) is 1. The van der Waals surface area contributed by atoms with E-state index in [1.54, 1.807) is 0 Å². The lowest BCUT2D eigenvalue weighted by Crippen LogP contribution is -2.56. The lowest BCUT2D eigenvalue weighted by atomic mass is 9.86. The van der Waals surface area contributed by atoms with Crippen LogP contribution in [0.15, 0.2) is 0 Å². The van der Waals surface area contributed by atoms with Crippen LogP contribution in [-0.2, 0) is 14.4 Å². The Bertz CT molecular complexity index is 416. The van der Waals surface area contributed by atoms with Gasteiger partial charge >= 0.3 is 0 Å². The topological polar surface area (TPSA) is 66.5 Å². The molecule has 1 unspecified atom stereocenters. The summed E-state index contributed by atoms with van der Waals surface area (Å²) in [5, 5.41) is 2.52. The normalized spacial score (nSPS) is 22.6. The minimum atomic E-state index is -2.77. The monoisotopic (exact) mass is 288 g/mol. The Morgan fingerprint density at radius 2 is 2.00 bits per heavy atom. The van der Waals surface area contributed by atoms with Crippen molar-refractivity contribution in [3.8, 4) is 0 Å². The Labute approximate surface area is 115 Å². The minimum absolute atomic E-state index is 0.372. The molecule has 1 atom stereocenters. The molecule has 2 rings (SSSR count). The molecular weight excluding hydrogens is 270 g/mol. The van der Waals surface area contributed by atoms with Gasteiger partial charge in [-0.05, 0) is 25.7 Å². The fraction of sp³-hybridized carbons (Fsp3) is 0.769. The molecule has 112 valence electrons. The molecule has 0 aromatic carbocycles. The second-order valence-electron chi connectivity index (χ2n) is 5.66. The highest BCUT2D eigenvalue weighted by Crippen LogP contribution is 2.40. The molecule has 2 aliphatic rings. The van der Waals surface area contributed by atoms with Gasteiger partial charge in [0.1, 0.15) is 0 Å².